The lowest BCUT2D eigenvalue weighted by atomic mass is 9.88. The number of aliphatic hydroxyl groups is 4. The number of halogens is 1. The van der Waals surface area contributed by atoms with Gasteiger partial charge in [-0.15, -0.1) is 11.3 Å². The van der Waals surface area contributed by atoms with Crippen molar-refractivity contribution in [1.82, 2.24) is 4.98 Å². The number of aliphatic hydroxyl groups excluding tert-OH is 4. The molecule has 2 aliphatic rings. The minimum Gasteiger partial charge on any atom is -0.463 e. The van der Waals surface area contributed by atoms with Crippen molar-refractivity contribution in [2.75, 3.05) is 6.61 Å². The Balaban J connectivity index is 1.49. The van der Waals surface area contributed by atoms with Gasteiger partial charge in [-0.1, -0.05) is 23.7 Å². The Bertz CT molecular complexity index is 1060. The summed E-state index contributed by atoms with van der Waals surface area (Å²) < 4.78 is 11.2. The molecular weight excluding hydrogens is 442 g/mol. The van der Waals surface area contributed by atoms with Crippen molar-refractivity contribution >= 4 is 22.9 Å². The third-order valence-corrected chi connectivity index (χ3v) is 7.70. The molecule has 2 fully saturated rings. The molecule has 1 saturated heterocycles. The normalized spacial score (nSPS) is 29.8. The Morgan fingerprint density at radius 3 is 2.61 bits per heavy atom. The third-order valence-electron chi connectivity index (χ3n) is 6.16. The number of ether oxygens (including phenoxy) is 1. The van der Waals surface area contributed by atoms with Crippen LogP contribution in [0, 0.1) is 0 Å². The topological polar surface area (TPSA) is 116 Å². The van der Waals surface area contributed by atoms with E-state index in [9.17, 15) is 20.4 Å². The van der Waals surface area contributed by atoms with Crippen LogP contribution in [-0.4, -0.2) is 56.4 Å². The molecule has 9 heteroatoms. The molecule has 1 aliphatic carbocycles. The fourth-order valence-corrected chi connectivity index (χ4v) is 5.66. The lowest BCUT2D eigenvalue weighted by Crippen LogP contribution is -2.55. The van der Waals surface area contributed by atoms with E-state index >= 15 is 0 Å². The van der Waals surface area contributed by atoms with Crippen LogP contribution in [0.2, 0.25) is 5.02 Å². The zero-order valence-corrected chi connectivity index (χ0v) is 18.0. The standard InChI is InChI=1S/C22H22ClNO6S/c23-13-4-3-11(20-19(28)18(27)17(26)15(10-25)30-20)8-12(13)22(5-6-22)21-24-9-16(31-21)14-2-1-7-29-14/h1-4,7-9,15,17-20,25-28H,5-6,10H2/t15-,17-,18+,19-,20+/m1/s1. The largest absolute Gasteiger partial charge is 0.463 e. The van der Waals surface area contributed by atoms with Gasteiger partial charge < -0.3 is 29.6 Å². The van der Waals surface area contributed by atoms with Crippen molar-refractivity contribution in [3.05, 3.63) is 63.9 Å². The fraction of sp³-hybridized carbons (Fsp3) is 0.409. The van der Waals surface area contributed by atoms with E-state index in [2.05, 4.69) is 4.98 Å². The molecule has 3 aromatic rings. The van der Waals surface area contributed by atoms with E-state index in [1.54, 1.807) is 35.9 Å². The number of thiazole rings is 1. The van der Waals surface area contributed by atoms with Crippen LogP contribution >= 0.6 is 22.9 Å². The molecule has 4 N–H and O–H groups in total. The second-order valence-electron chi connectivity index (χ2n) is 8.08. The predicted molar refractivity (Wildman–Crippen MR) is 114 cm³/mol. The highest BCUT2D eigenvalue weighted by Crippen LogP contribution is 2.57. The van der Waals surface area contributed by atoms with Crippen molar-refractivity contribution in [1.29, 1.82) is 0 Å². The summed E-state index contributed by atoms with van der Waals surface area (Å²) in [7, 11) is 0. The molecule has 1 aliphatic heterocycles. The van der Waals surface area contributed by atoms with E-state index in [1.165, 1.54) is 0 Å². The number of hydrogen-bond donors (Lipinski definition) is 4. The molecule has 0 spiro atoms. The Labute approximate surface area is 187 Å². The van der Waals surface area contributed by atoms with E-state index in [0.717, 1.165) is 34.1 Å². The molecular formula is C22H22ClNO6S. The van der Waals surface area contributed by atoms with Gasteiger partial charge in [0, 0.05) is 16.6 Å². The summed E-state index contributed by atoms with van der Waals surface area (Å²) in [6, 6.07) is 9.07. The summed E-state index contributed by atoms with van der Waals surface area (Å²) in [5.41, 5.74) is 1.17. The highest BCUT2D eigenvalue weighted by Gasteiger charge is 2.50. The maximum atomic E-state index is 10.5. The summed E-state index contributed by atoms with van der Waals surface area (Å²) in [6.45, 7) is -0.472. The second kappa shape index (κ2) is 7.97. The van der Waals surface area contributed by atoms with E-state index in [0.29, 0.717) is 10.6 Å². The van der Waals surface area contributed by atoms with Crippen LogP contribution in [0.15, 0.2) is 47.2 Å². The lowest BCUT2D eigenvalue weighted by Gasteiger charge is -2.40. The van der Waals surface area contributed by atoms with Gasteiger partial charge >= 0.3 is 0 Å². The summed E-state index contributed by atoms with van der Waals surface area (Å²) in [5.74, 6) is 0.765. The zero-order valence-electron chi connectivity index (χ0n) is 16.4. The molecule has 5 atom stereocenters. The fourth-order valence-electron chi connectivity index (χ4n) is 4.22. The van der Waals surface area contributed by atoms with Crippen molar-refractivity contribution in [2.24, 2.45) is 0 Å². The molecule has 5 rings (SSSR count). The van der Waals surface area contributed by atoms with E-state index in [4.69, 9.17) is 20.8 Å². The molecule has 7 nitrogen and oxygen atoms in total. The lowest BCUT2D eigenvalue weighted by molar-refractivity contribution is -0.231. The quantitative estimate of drug-likeness (QED) is 0.459. The molecule has 1 aromatic carbocycles. The maximum absolute atomic E-state index is 10.5. The number of rotatable bonds is 5. The van der Waals surface area contributed by atoms with E-state index in [1.807, 2.05) is 18.2 Å². The first-order valence-electron chi connectivity index (χ1n) is 10.1. The highest BCUT2D eigenvalue weighted by molar-refractivity contribution is 7.15. The minimum absolute atomic E-state index is 0.323. The molecule has 0 bridgehead atoms. The van der Waals surface area contributed by atoms with Gasteiger partial charge in [-0.25, -0.2) is 4.98 Å². The Morgan fingerprint density at radius 1 is 1.13 bits per heavy atom. The Kier molecular flexibility index (Phi) is 5.42. The van der Waals surface area contributed by atoms with Gasteiger partial charge in [0.25, 0.3) is 0 Å². The Morgan fingerprint density at radius 2 is 1.94 bits per heavy atom. The highest BCUT2D eigenvalue weighted by atomic mass is 35.5. The SMILES string of the molecule is OC[C@H]1O[C@@H](c2ccc(Cl)c(C3(c4ncc(-c5ccco5)s4)CC3)c2)[C@H](O)[C@@H](O)[C@@H]1O. The number of benzene rings is 1. The average Bonchev–Trinajstić information content (AvgIpc) is 3.17. The van der Waals surface area contributed by atoms with Gasteiger partial charge in [0.1, 0.15) is 41.3 Å². The molecule has 0 unspecified atom stereocenters. The van der Waals surface area contributed by atoms with E-state index in [-0.39, 0.29) is 5.41 Å². The van der Waals surface area contributed by atoms with Crippen LogP contribution < -0.4 is 0 Å². The van der Waals surface area contributed by atoms with Crippen molar-refractivity contribution < 1.29 is 29.6 Å². The number of furan rings is 1. The molecule has 2 aromatic heterocycles. The van der Waals surface area contributed by atoms with Gasteiger partial charge in [-0.3, -0.25) is 0 Å². The van der Waals surface area contributed by atoms with Crippen LogP contribution in [0.5, 0.6) is 0 Å². The summed E-state index contributed by atoms with van der Waals surface area (Å²) >= 11 is 8.15. The number of hydrogen-bond acceptors (Lipinski definition) is 8. The monoisotopic (exact) mass is 463 g/mol. The smallest absolute Gasteiger partial charge is 0.145 e. The number of nitrogens with zero attached hydrogens (tertiary/aromatic N) is 1. The van der Waals surface area contributed by atoms with Crippen molar-refractivity contribution in [3.8, 4) is 10.6 Å². The van der Waals surface area contributed by atoms with Crippen LogP contribution in [-0.2, 0) is 10.2 Å². The first kappa shape index (κ1) is 21.1. The summed E-state index contributed by atoms with van der Waals surface area (Å²) in [4.78, 5) is 5.58. The maximum Gasteiger partial charge on any atom is 0.145 e. The Hall–Kier alpha value is -1.78. The molecule has 0 amide bonds. The van der Waals surface area contributed by atoms with Crippen LogP contribution in [0.4, 0.5) is 0 Å². The molecule has 31 heavy (non-hydrogen) atoms. The van der Waals surface area contributed by atoms with Gasteiger partial charge in [-0.05, 0) is 42.2 Å². The second-order valence-corrected chi connectivity index (χ2v) is 9.52. The molecule has 164 valence electrons. The number of aromatic nitrogens is 1. The van der Waals surface area contributed by atoms with Gasteiger partial charge in [-0.2, -0.15) is 0 Å². The van der Waals surface area contributed by atoms with Crippen LogP contribution in [0.25, 0.3) is 10.6 Å². The molecule has 1 saturated carbocycles. The van der Waals surface area contributed by atoms with Gasteiger partial charge in [0.05, 0.1) is 17.7 Å². The zero-order chi connectivity index (χ0) is 21.8. The van der Waals surface area contributed by atoms with Gasteiger partial charge in [0.15, 0.2) is 0 Å². The van der Waals surface area contributed by atoms with Crippen molar-refractivity contribution in [2.45, 2.75) is 48.8 Å². The van der Waals surface area contributed by atoms with Gasteiger partial charge in [0.2, 0.25) is 0 Å². The summed E-state index contributed by atoms with van der Waals surface area (Å²) in [5, 5.41) is 41.7. The average molecular weight is 464 g/mol. The molecule has 3 heterocycles. The molecule has 0 radical (unpaired) electrons. The third kappa shape index (κ3) is 3.52. The first-order chi connectivity index (χ1) is 14.9. The minimum atomic E-state index is -1.43. The summed E-state index contributed by atoms with van der Waals surface area (Å²) in [6.07, 6.45) is -0.840. The van der Waals surface area contributed by atoms with Crippen LogP contribution in [0.1, 0.15) is 35.1 Å². The van der Waals surface area contributed by atoms with E-state index < -0.39 is 37.1 Å². The first-order valence-corrected chi connectivity index (χ1v) is 11.2. The van der Waals surface area contributed by atoms with Crippen LogP contribution in [0.3, 0.4) is 0 Å². The van der Waals surface area contributed by atoms with Crippen molar-refractivity contribution in [3.63, 3.8) is 0 Å². The predicted octanol–water partition coefficient (Wildman–Crippen LogP) is 2.65.